The lowest BCUT2D eigenvalue weighted by Gasteiger charge is -2.18. The van der Waals surface area contributed by atoms with Crippen LogP contribution < -0.4 is 19.8 Å². The third kappa shape index (κ3) is 404. The smallest absolute Gasteiger partial charge is 0.566 e. The van der Waals surface area contributed by atoms with Crippen LogP contribution in [0.3, 0.4) is 0 Å². The van der Waals surface area contributed by atoms with Gasteiger partial charge in [-0.25, -0.2) is 11.5 Å². The van der Waals surface area contributed by atoms with Gasteiger partial charge in [-0.2, -0.15) is 0 Å². The van der Waals surface area contributed by atoms with Gasteiger partial charge in [0.15, 0.2) is 0 Å². The van der Waals surface area contributed by atoms with E-state index in [9.17, 15) is 0 Å². The Balaban J connectivity index is -0.0000000506. The monoisotopic (exact) mass is 1170 g/mol. The van der Waals surface area contributed by atoms with E-state index in [0.29, 0.717) is 0 Å². The summed E-state index contributed by atoms with van der Waals surface area (Å²) in [7, 11) is 0. The van der Waals surface area contributed by atoms with Crippen molar-refractivity contribution in [2.45, 2.75) is 119 Å². The zero-order chi connectivity index (χ0) is 55.7. The van der Waals surface area contributed by atoms with Crippen LogP contribution in [0.1, 0.15) is 119 Å². The molecule has 0 fully saturated rings. The molecule has 0 saturated heterocycles. The second-order valence-corrected chi connectivity index (χ2v) is 15.1. The molecule has 0 radical (unpaired) electrons. The maximum atomic E-state index is 8.74. The largest absolute Gasteiger partial charge is 0.881 e. The molecule has 0 heterocycles. The number of hydrogen-bond acceptors (Lipinski definition) is 20. The number of unbranched alkanes of at least 4 members (excludes halogenated alkanes) is 6. The van der Waals surface area contributed by atoms with Crippen LogP contribution in [0.15, 0.2) is 0 Å². The van der Waals surface area contributed by atoms with Crippen molar-refractivity contribution in [1.29, 1.82) is 0 Å². The number of halogens is 10. The average molecular weight is 1170 g/mol. The van der Waals surface area contributed by atoms with Crippen molar-refractivity contribution in [3.8, 4) is 0 Å². The molecule has 22 nitrogen and oxygen atoms in total. The predicted octanol–water partition coefficient (Wildman–Crippen LogP) is -4.77. The maximum Gasteiger partial charge on any atom is 0.566 e. The van der Waals surface area contributed by atoms with Crippen molar-refractivity contribution >= 4 is 180 Å². The highest BCUT2D eigenvalue weighted by Gasteiger charge is 2.06. The van der Waals surface area contributed by atoms with E-state index in [2.05, 4.69) is 156 Å². The molecule has 66 heavy (non-hydrogen) atoms. The van der Waals surface area contributed by atoms with Gasteiger partial charge < -0.3 is 110 Å². The van der Waals surface area contributed by atoms with Crippen LogP contribution in [0.2, 0.25) is 0 Å². The predicted molar refractivity (Wildman–Crippen MR) is 277 cm³/mol. The molecule has 0 spiro atoms. The van der Waals surface area contributed by atoms with E-state index in [4.69, 9.17) is 100 Å². The third-order valence-electron chi connectivity index (χ3n) is 5.30. The lowest BCUT2D eigenvalue weighted by molar-refractivity contribution is -0.900. The van der Waals surface area contributed by atoms with Gasteiger partial charge in [-0.3, -0.25) is 0 Å². The molecule has 0 rings (SSSR count). The molecule has 0 aliphatic rings. The van der Waals surface area contributed by atoms with E-state index in [1.165, 1.54) is 116 Å². The second-order valence-electron chi connectivity index (χ2n) is 11.2. The number of quaternary nitrogens is 2. The summed E-state index contributed by atoms with van der Waals surface area (Å²) >= 11 is 43.6. The molecule has 0 aromatic rings. The van der Waals surface area contributed by atoms with Gasteiger partial charge in [0.1, 0.15) is 0 Å². The fourth-order valence-corrected chi connectivity index (χ4v) is 3.31. The molecule has 0 amide bonds. The summed E-state index contributed by atoms with van der Waals surface area (Å²) < 4.78 is 0. The van der Waals surface area contributed by atoms with E-state index < -0.39 is 65.3 Å². The van der Waals surface area contributed by atoms with Crippen LogP contribution in [0.4, 0.5) is 0 Å². The van der Waals surface area contributed by atoms with Gasteiger partial charge in [0.25, 0.3) is 0 Å². The Kier molecular flexibility index (Phi) is 139. The van der Waals surface area contributed by atoms with Crippen molar-refractivity contribution in [2.24, 2.45) is 0 Å². The van der Waals surface area contributed by atoms with E-state index in [-0.39, 0.29) is 0 Å². The molecule has 0 aliphatic carbocycles. The zero-order valence-electron chi connectivity index (χ0n) is 38.1. The van der Waals surface area contributed by atoms with E-state index >= 15 is 0 Å². The zero-order valence-corrected chi connectivity index (χ0v) is 45.7. The molecule has 0 aliphatic heterocycles. The minimum absolute atomic E-state index is 1.35. The molecule has 0 atom stereocenters. The van der Waals surface area contributed by atoms with Gasteiger partial charge in [-0.1, -0.05) is 80.1 Å². The molecule has 0 bridgehead atoms. The van der Waals surface area contributed by atoms with Crippen molar-refractivity contribution in [2.75, 3.05) is 39.3 Å². The second kappa shape index (κ2) is 93.7. The highest BCUT2D eigenvalue weighted by atomic mass is 35.5. The summed E-state index contributed by atoms with van der Waals surface area (Å²) in [6.07, 6.45) is 16.5. The molecule has 0 saturated carbocycles. The van der Waals surface area contributed by atoms with Gasteiger partial charge in [0, 0.05) is 6.53 Å². The third-order valence-corrected chi connectivity index (χ3v) is 5.30. The first kappa shape index (κ1) is 97.9. The topological polar surface area (TPSA) is 419 Å². The Morgan fingerprint density at radius 3 is 0.364 bits per heavy atom. The molecule has 0 aromatic heterocycles. The highest BCUT2D eigenvalue weighted by Crippen LogP contribution is 1.87. The minimum atomic E-state index is -2.19. The summed E-state index contributed by atoms with van der Waals surface area (Å²) in [6, 6.07) is 0. The first-order chi connectivity index (χ1) is 30.0. The molecular formula is C24H74B10Cl10N2O20. The first-order valence-electron chi connectivity index (χ1n) is 19.7. The Hall–Kier alpha value is 2.67. The van der Waals surface area contributed by atoms with Gasteiger partial charge in [0.05, 0.1) is 39.3 Å². The Bertz CT molecular complexity index is 546. The Labute approximate surface area is 445 Å². The number of hydrogen-bond donors (Lipinski definition) is 20. The van der Waals surface area contributed by atoms with Gasteiger partial charge in [-0.15, -0.1) is 103 Å². The molecule has 20 N–H and O–H groups in total. The maximum absolute atomic E-state index is 8.74. The van der Waals surface area contributed by atoms with E-state index in [1.54, 1.807) is 0 Å². The van der Waals surface area contributed by atoms with Gasteiger partial charge in [0.2, 0.25) is 0 Å². The fourth-order valence-electron chi connectivity index (χ4n) is 3.31. The highest BCUT2D eigenvalue weighted by molar-refractivity contribution is 7.00. The molecule has 0 aromatic carbocycles. The SMILES string of the molecule is CCCC[NH+](CCCC)CCCC.CCCC[NH+](CCCC)CCCC.OB(O)Cl.OB(O)Cl.OB(O)Cl.OB(O)Cl.OB(O)Cl.OB(O)Cl.OB(O)Cl.OB(O)Cl.OB(O)Cl.[O-]B([O-])Cl. The minimum Gasteiger partial charge on any atom is -0.881 e. The molecule has 42 heteroatoms. The first-order valence-corrected chi connectivity index (χ1v) is 24.0. The Morgan fingerprint density at radius 1 is 0.258 bits per heavy atom. The summed E-state index contributed by atoms with van der Waals surface area (Å²) in [5, 5.41) is 150. The summed E-state index contributed by atoms with van der Waals surface area (Å²) in [5.41, 5.74) is 0. The standard InChI is InChI=1S/2C12H27N.9BClH2O2.BClO2/c2*1-4-7-10-13(11-8-5-2)12-9-6-3;10*2-1(3)4/h2*4-12H2,1-3H3;9*3-4H;/q;;;;;;;;;;;-2/p+2. The van der Waals surface area contributed by atoms with Gasteiger partial charge >= 0.3 is 58.8 Å². The average Bonchev–Trinajstić information content (AvgIpc) is 3.09. The van der Waals surface area contributed by atoms with Crippen molar-refractivity contribution < 1.29 is 110 Å². The van der Waals surface area contributed by atoms with Crippen molar-refractivity contribution in [3.05, 3.63) is 0 Å². The summed E-state index contributed by atoms with van der Waals surface area (Å²) in [5.74, 6) is 0. The van der Waals surface area contributed by atoms with Crippen LogP contribution in [-0.2, 0) is 0 Å². The molecule has 0 unspecified atom stereocenters. The molecular weight excluding hydrogens is 1100 g/mol. The quantitative estimate of drug-likeness (QED) is 0.0573. The number of rotatable bonds is 18. The number of nitrogens with one attached hydrogen (secondary N) is 2. The van der Waals surface area contributed by atoms with E-state index in [0.717, 1.165) is 0 Å². The van der Waals surface area contributed by atoms with Crippen LogP contribution in [0, 0.1) is 0 Å². The Morgan fingerprint density at radius 2 is 0.318 bits per heavy atom. The van der Waals surface area contributed by atoms with Crippen molar-refractivity contribution in [3.63, 3.8) is 0 Å². The fraction of sp³-hybridized carbons (Fsp3) is 1.00. The van der Waals surface area contributed by atoms with Crippen LogP contribution in [-0.4, -0.2) is 195 Å². The van der Waals surface area contributed by atoms with Crippen LogP contribution >= 0.6 is 115 Å². The van der Waals surface area contributed by atoms with Crippen molar-refractivity contribution in [1.82, 2.24) is 0 Å². The van der Waals surface area contributed by atoms with E-state index in [1.807, 2.05) is 9.80 Å². The van der Waals surface area contributed by atoms with Gasteiger partial charge in [-0.05, 0) is 38.5 Å². The summed E-state index contributed by atoms with van der Waals surface area (Å²) in [4.78, 5) is 3.68. The van der Waals surface area contributed by atoms with Crippen LogP contribution in [0.25, 0.3) is 0 Å². The lowest BCUT2D eigenvalue weighted by atomic mass is 10.2. The lowest BCUT2D eigenvalue weighted by Crippen LogP contribution is -3.12. The molecule has 400 valence electrons. The summed E-state index contributed by atoms with van der Waals surface area (Å²) in [6.45, 7) is 4.69. The normalized spacial score (nSPS) is 8.45. The van der Waals surface area contributed by atoms with Crippen LogP contribution in [0.5, 0.6) is 0 Å².